The van der Waals surface area contributed by atoms with Gasteiger partial charge in [0.1, 0.15) is 0 Å². The normalized spacial score (nSPS) is 18.4. The second kappa shape index (κ2) is 4.08. The quantitative estimate of drug-likeness (QED) is 0.442. The molecule has 0 saturated carbocycles. The van der Waals surface area contributed by atoms with Crippen LogP contribution in [-0.4, -0.2) is 24.2 Å². The van der Waals surface area contributed by atoms with Gasteiger partial charge >= 0.3 is 12.8 Å². The first-order valence-electron chi connectivity index (χ1n) is 5.12. The number of halogens is 1. The zero-order chi connectivity index (χ0) is 12.6. The van der Waals surface area contributed by atoms with Gasteiger partial charge in [-0.3, -0.25) is 10.1 Å². The number of hydrogen-bond donors (Lipinski definition) is 0. The Morgan fingerprint density at radius 3 is 2.76 bits per heavy atom. The molecule has 1 aliphatic heterocycles. The molecule has 0 amide bonds. The van der Waals surface area contributed by atoms with Crippen LogP contribution in [0.15, 0.2) is 18.2 Å². The van der Waals surface area contributed by atoms with Crippen molar-refractivity contribution < 1.29 is 18.6 Å². The fourth-order valence-corrected chi connectivity index (χ4v) is 1.61. The van der Waals surface area contributed by atoms with E-state index in [9.17, 15) is 14.5 Å². The molecule has 7 heteroatoms. The minimum atomic E-state index is -0.865. The van der Waals surface area contributed by atoms with Gasteiger partial charge in [0.25, 0.3) is 0 Å². The average molecular weight is 239 g/mol. The van der Waals surface area contributed by atoms with Gasteiger partial charge in [-0.05, 0) is 25.4 Å². The predicted molar refractivity (Wildman–Crippen MR) is 59.6 cm³/mol. The van der Waals surface area contributed by atoms with Crippen molar-refractivity contribution in [2.24, 2.45) is 0 Å². The van der Waals surface area contributed by atoms with E-state index < -0.39 is 29.1 Å². The van der Waals surface area contributed by atoms with Crippen molar-refractivity contribution in [2.45, 2.75) is 19.4 Å². The standard InChI is InChI=1S/C10H11BFNO4/c1-10(2)6-16-11(17-10)7-3-4-8(12)9(5-7)13(14)15/h3-5H,6H2,1-2H3. The molecule has 1 heterocycles. The van der Waals surface area contributed by atoms with Crippen molar-refractivity contribution in [3.8, 4) is 0 Å². The van der Waals surface area contributed by atoms with Gasteiger partial charge in [0.05, 0.1) is 17.1 Å². The summed E-state index contributed by atoms with van der Waals surface area (Å²) in [5.74, 6) is -0.865. The van der Waals surface area contributed by atoms with E-state index >= 15 is 0 Å². The van der Waals surface area contributed by atoms with Crippen LogP contribution in [0.3, 0.4) is 0 Å². The van der Waals surface area contributed by atoms with E-state index in [-0.39, 0.29) is 0 Å². The van der Waals surface area contributed by atoms with E-state index in [1.54, 1.807) is 0 Å². The number of nitrogens with zero attached hydrogens (tertiary/aromatic N) is 1. The van der Waals surface area contributed by atoms with Gasteiger partial charge in [-0.2, -0.15) is 4.39 Å². The smallest absolute Gasteiger partial charge is 0.404 e. The van der Waals surface area contributed by atoms with Crippen molar-refractivity contribution in [2.75, 3.05) is 6.61 Å². The van der Waals surface area contributed by atoms with Crippen LogP contribution in [0.4, 0.5) is 10.1 Å². The van der Waals surface area contributed by atoms with Crippen LogP contribution in [-0.2, 0) is 9.31 Å². The summed E-state index contributed by atoms with van der Waals surface area (Å²) in [6.07, 6.45) is 0. The Morgan fingerprint density at radius 2 is 2.24 bits per heavy atom. The Kier molecular flexibility index (Phi) is 2.88. The molecule has 0 N–H and O–H groups in total. The molecule has 0 radical (unpaired) electrons. The summed E-state index contributed by atoms with van der Waals surface area (Å²) in [6.45, 7) is 4.10. The maximum atomic E-state index is 13.1. The van der Waals surface area contributed by atoms with Gasteiger partial charge in [0.2, 0.25) is 0 Å². The molecule has 0 aromatic heterocycles. The maximum Gasteiger partial charge on any atom is 0.494 e. The molecule has 1 aromatic rings. The summed E-state index contributed by atoms with van der Waals surface area (Å²) >= 11 is 0. The summed E-state index contributed by atoms with van der Waals surface area (Å²) in [6, 6.07) is 3.61. The first-order valence-corrected chi connectivity index (χ1v) is 5.12. The molecule has 5 nitrogen and oxygen atoms in total. The first-order chi connectivity index (χ1) is 7.89. The second-order valence-electron chi connectivity index (χ2n) is 4.49. The third kappa shape index (κ3) is 2.45. The number of hydrogen-bond acceptors (Lipinski definition) is 4. The van der Waals surface area contributed by atoms with Crippen LogP contribution in [0.1, 0.15) is 13.8 Å². The Labute approximate surface area is 97.8 Å². The van der Waals surface area contributed by atoms with Gasteiger partial charge in [0.15, 0.2) is 5.82 Å². The molecule has 0 atom stereocenters. The largest absolute Gasteiger partial charge is 0.494 e. The van der Waals surface area contributed by atoms with E-state index in [0.29, 0.717) is 12.1 Å². The summed E-state index contributed by atoms with van der Waals surface area (Å²) in [4.78, 5) is 9.84. The van der Waals surface area contributed by atoms with E-state index in [2.05, 4.69) is 0 Å². The van der Waals surface area contributed by atoms with Crippen LogP contribution in [0.2, 0.25) is 0 Å². The van der Waals surface area contributed by atoms with E-state index in [1.807, 2.05) is 13.8 Å². The average Bonchev–Trinajstić information content (AvgIpc) is 2.59. The molecule has 1 aromatic carbocycles. The highest BCUT2D eigenvalue weighted by Gasteiger charge is 2.39. The number of nitro groups is 1. The van der Waals surface area contributed by atoms with E-state index in [0.717, 1.165) is 12.1 Å². The highest BCUT2D eigenvalue weighted by molar-refractivity contribution is 6.62. The van der Waals surface area contributed by atoms with Crippen molar-refractivity contribution in [1.82, 2.24) is 0 Å². The minimum Gasteiger partial charge on any atom is -0.404 e. The predicted octanol–water partition coefficient (Wildman–Crippen LogP) is 1.25. The molecule has 0 spiro atoms. The molecule has 1 fully saturated rings. The lowest BCUT2D eigenvalue weighted by molar-refractivity contribution is -0.387. The van der Waals surface area contributed by atoms with Gasteiger partial charge in [-0.15, -0.1) is 0 Å². The Morgan fingerprint density at radius 1 is 1.53 bits per heavy atom. The highest BCUT2D eigenvalue weighted by Crippen LogP contribution is 2.21. The lowest BCUT2D eigenvalue weighted by atomic mass is 9.79. The van der Waals surface area contributed by atoms with Crippen LogP contribution < -0.4 is 5.46 Å². The van der Waals surface area contributed by atoms with Crippen molar-refractivity contribution in [3.05, 3.63) is 34.1 Å². The van der Waals surface area contributed by atoms with E-state index in [4.69, 9.17) is 9.31 Å². The first kappa shape index (κ1) is 12.0. The molecular weight excluding hydrogens is 228 g/mol. The van der Waals surface area contributed by atoms with Gasteiger partial charge in [-0.25, -0.2) is 0 Å². The molecule has 17 heavy (non-hydrogen) atoms. The zero-order valence-electron chi connectivity index (χ0n) is 9.47. The van der Waals surface area contributed by atoms with Crippen molar-refractivity contribution in [1.29, 1.82) is 0 Å². The zero-order valence-corrected chi connectivity index (χ0v) is 9.47. The SMILES string of the molecule is CC1(C)COB(c2ccc(F)c([N+](=O)[O-])c2)O1. The molecule has 0 unspecified atom stereocenters. The second-order valence-corrected chi connectivity index (χ2v) is 4.49. The monoisotopic (exact) mass is 239 g/mol. The molecule has 0 aliphatic carbocycles. The summed E-state index contributed by atoms with van der Waals surface area (Å²) < 4.78 is 24.0. The van der Waals surface area contributed by atoms with Crippen molar-refractivity contribution in [3.63, 3.8) is 0 Å². The Balaban J connectivity index is 2.29. The molecule has 90 valence electrons. The van der Waals surface area contributed by atoms with Crippen LogP contribution in [0, 0.1) is 15.9 Å². The molecule has 0 bridgehead atoms. The maximum absolute atomic E-state index is 13.1. The van der Waals surface area contributed by atoms with Crippen molar-refractivity contribution >= 4 is 18.3 Å². The third-order valence-corrected chi connectivity index (χ3v) is 2.45. The lowest BCUT2D eigenvalue weighted by Gasteiger charge is -2.15. The summed E-state index contributed by atoms with van der Waals surface area (Å²) in [5, 5.41) is 10.6. The number of benzene rings is 1. The summed E-state index contributed by atoms with van der Waals surface area (Å²) in [7, 11) is -0.677. The third-order valence-electron chi connectivity index (χ3n) is 2.45. The molecule has 1 saturated heterocycles. The van der Waals surface area contributed by atoms with Crippen LogP contribution in [0.5, 0.6) is 0 Å². The number of nitro benzene ring substituents is 1. The number of rotatable bonds is 2. The fourth-order valence-electron chi connectivity index (χ4n) is 1.61. The van der Waals surface area contributed by atoms with Gasteiger partial charge < -0.3 is 9.31 Å². The minimum absolute atomic E-state index is 0.392. The van der Waals surface area contributed by atoms with Crippen LogP contribution >= 0.6 is 0 Å². The van der Waals surface area contributed by atoms with Crippen LogP contribution in [0.25, 0.3) is 0 Å². The summed E-state index contributed by atoms with van der Waals surface area (Å²) in [5.41, 5.74) is -0.559. The Bertz CT molecular complexity index is 466. The van der Waals surface area contributed by atoms with Gasteiger partial charge in [0, 0.05) is 6.07 Å². The molecule has 1 aliphatic rings. The fraction of sp³-hybridized carbons (Fsp3) is 0.400. The Hall–Kier alpha value is -1.47. The van der Waals surface area contributed by atoms with Gasteiger partial charge in [-0.1, -0.05) is 6.07 Å². The highest BCUT2D eigenvalue weighted by atomic mass is 19.1. The van der Waals surface area contributed by atoms with E-state index in [1.165, 1.54) is 6.07 Å². The molecule has 2 rings (SSSR count). The topological polar surface area (TPSA) is 61.6 Å². The lowest BCUT2D eigenvalue weighted by Crippen LogP contribution is -2.34. The molecular formula is C10H11BFNO4.